The van der Waals surface area contributed by atoms with E-state index in [1.165, 1.54) is 37.2 Å². The minimum Gasteiger partial charge on any atom is -0.396 e. The predicted octanol–water partition coefficient (Wildman–Crippen LogP) is 2.18. The number of hydrogen-bond acceptors (Lipinski definition) is 4. The molecule has 1 unspecified atom stereocenters. The standard InChI is InChI=1S/C14H27NO2S/c16-8-3-1-2-7-15-13-4-9-17-14(12-13)5-10-18-11-6-14/h13,15-16H,1-12H2. The van der Waals surface area contributed by atoms with Crippen LogP contribution in [0.3, 0.4) is 0 Å². The average molecular weight is 273 g/mol. The Bertz CT molecular complexity index is 226. The normalized spacial score (nSPS) is 27.5. The van der Waals surface area contributed by atoms with Gasteiger partial charge in [-0.25, -0.2) is 0 Å². The van der Waals surface area contributed by atoms with Gasteiger partial charge >= 0.3 is 0 Å². The molecule has 2 fully saturated rings. The first kappa shape index (κ1) is 14.6. The van der Waals surface area contributed by atoms with Gasteiger partial charge < -0.3 is 15.2 Å². The first-order chi connectivity index (χ1) is 8.85. The monoisotopic (exact) mass is 273 g/mol. The van der Waals surface area contributed by atoms with Crippen molar-refractivity contribution in [3.05, 3.63) is 0 Å². The lowest BCUT2D eigenvalue weighted by Crippen LogP contribution is -2.49. The third-order valence-electron chi connectivity index (χ3n) is 4.16. The molecule has 0 aromatic rings. The molecule has 0 aromatic heterocycles. The Morgan fingerprint density at radius 1 is 1.22 bits per heavy atom. The molecule has 1 atom stereocenters. The lowest BCUT2D eigenvalue weighted by Gasteiger charge is -2.43. The molecule has 2 aliphatic heterocycles. The molecule has 2 rings (SSSR count). The maximum absolute atomic E-state index is 8.74. The third kappa shape index (κ3) is 4.41. The maximum atomic E-state index is 8.74. The fourth-order valence-electron chi connectivity index (χ4n) is 3.01. The van der Waals surface area contributed by atoms with Gasteiger partial charge in [-0.05, 0) is 63.0 Å². The summed E-state index contributed by atoms with van der Waals surface area (Å²) in [6, 6.07) is 0.649. The van der Waals surface area contributed by atoms with Gasteiger partial charge in [0.15, 0.2) is 0 Å². The summed E-state index contributed by atoms with van der Waals surface area (Å²) in [5, 5.41) is 12.4. The summed E-state index contributed by atoms with van der Waals surface area (Å²) in [5.74, 6) is 2.53. The summed E-state index contributed by atoms with van der Waals surface area (Å²) < 4.78 is 6.10. The van der Waals surface area contributed by atoms with Crippen LogP contribution in [0.4, 0.5) is 0 Å². The number of hydrogen-bond donors (Lipinski definition) is 2. The molecule has 2 N–H and O–H groups in total. The van der Waals surface area contributed by atoms with Gasteiger partial charge in [-0.15, -0.1) is 0 Å². The number of unbranched alkanes of at least 4 members (excludes halogenated alkanes) is 2. The Labute approximate surface area is 115 Å². The van der Waals surface area contributed by atoms with E-state index in [0.717, 1.165) is 32.4 Å². The molecule has 1 spiro atoms. The van der Waals surface area contributed by atoms with Gasteiger partial charge in [0.05, 0.1) is 5.60 Å². The Morgan fingerprint density at radius 3 is 2.83 bits per heavy atom. The van der Waals surface area contributed by atoms with E-state index in [2.05, 4.69) is 17.1 Å². The maximum Gasteiger partial charge on any atom is 0.0713 e. The lowest BCUT2D eigenvalue weighted by molar-refractivity contribution is -0.0930. The number of ether oxygens (including phenoxy) is 1. The van der Waals surface area contributed by atoms with Gasteiger partial charge in [0.25, 0.3) is 0 Å². The van der Waals surface area contributed by atoms with E-state index in [0.29, 0.717) is 12.6 Å². The number of aliphatic hydroxyl groups excluding tert-OH is 1. The van der Waals surface area contributed by atoms with Crippen LogP contribution in [-0.4, -0.2) is 48.0 Å². The van der Waals surface area contributed by atoms with Crippen LogP contribution in [0.5, 0.6) is 0 Å². The van der Waals surface area contributed by atoms with E-state index >= 15 is 0 Å². The second kappa shape index (κ2) is 7.73. The van der Waals surface area contributed by atoms with Crippen LogP contribution in [0.1, 0.15) is 44.9 Å². The molecule has 106 valence electrons. The molecule has 0 radical (unpaired) electrons. The van der Waals surface area contributed by atoms with E-state index in [9.17, 15) is 0 Å². The first-order valence-electron chi connectivity index (χ1n) is 7.41. The molecular weight excluding hydrogens is 246 g/mol. The second-order valence-corrected chi connectivity index (χ2v) is 6.80. The smallest absolute Gasteiger partial charge is 0.0713 e. The van der Waals surface area contributed by atoms with Crippen molar-refractivity contribution in [2.75, 3.05) is 31.3 Å². The van der Waals surface area contributed by atoms with Crippen molar-refractivity contribution in [3.63, 3.8) is 0 Å². The van der Waals surface area contributed by atoms with Gasteiger partial charge in [0.1, 0.15) is 0 Å². The molecule has 2 saturated heterocycles. The Hall–Kier alpha value is 0.230. The van der Waals surface area contributed by atoms with E-state index in [1.807, 2.05) is 0 Å². The van der Waals surface area contributed by atoms with Crippen LogP contribution in [0, 0.1) is 0 Å². The predicted molar refractivity (Wildman–Crippen MR) is 77.2 cm³/mol. The van der Waals surface area contributed by atoms with Crippen molar-refractivity contribution < 1.29 is 9.84 Å². The summed E-state index contributed by atoms with van der Waals surface area (Å²) in [6.45, 7) is 2.35. The van der Waals surface area contributed by atoms with E-state index in [-0.39, 0.29) is 5.60 Å². The van der Waals surface area contributed by atoms with Crippen LogP contribution < -0.4 is 5.32 Å². The highest BCUT2D eigenvalue weighted by Crippen LogP contribution is 2.37. The van der Waals surface area contributed by atoms with Crippen LogP contribution in [0.15, 0.2) is 0 Å². The number of aliphatic hydroxyl groups is 1. The van der Waals surface area contributed by atoms with E-state index in [1.54, 1.807) is 0 Å². The fourth-order valence-corrected chi connectivity index (χ4v) is 4.25. The molecule has 2 heterocycles. The second-order valence-electron chi connectivity index (χ2n) is 5.57. The third-order valence-corrected chi connectivity index (χ3v) is 5.15. The van der Waals surface area contributed by atoms with Gasteiger partial charge in [-0.2, -0.15) is 11.8 Å². The zero-order chi connectivity index (χ0) is 12.7. The number of nitrogens with one attached hydrogen (secondary N) is 1. The molecule has 3 nitrogen and oxygen atoms in total. The molecule has 18 heavy (non-hydrogen) atoms. The van der Waals surface area contributed by atoms with Crippen LogP contribution in [-0.2, 0) is 4.74 Å². The highest BCUT2D eigenvalue weighted by Gasteiger charge is 2.38. The molecule has 0 bridgehead atoms. The average Bonchev–Trinajstić information content (AvgIpc) is 2.40. The van der Waals surface area contributed by atoms with Crippen LogP contribution in [0.2, 0.25) is 0 Å². The number of rotatable bonds is 6. The molecule has 2 aliphatic rings. The summed E-state index contributed by atoms with van der Waals surface area (Å²) >= 11 is 2.07. The topological polar surface area (TPSA) is 41.5 Å². The first-order valence-corrected chi connectivity index (χ1v) is 8.56. The fraction of sp³-hybridized carbons (Fsp3) is 1.00. The zero-order valence-electron chi connectivity index (χ0n) is 11.3. The van der Waals surface area contributed by atoms with Gasteiger partial charge in [0, 0.05) is 19.3 Å². The van der Waals surface area contributed by atoms with Crippen molar-refractivity contribution in [1.82, 2.24) is 5.32 Å². The highest BCUT2D eigenvalue weighted by molar-refractivity contribution is 7.99. The van der Waals surface area contributed by atoms with Crippen molar-refractivity contribution in [3.8, 4) is 0 Å². The van der Waals surface area contributed by atoms with Gasteiger partial charge in [-0.3, -0.25) is 0 Å². The zero-order valence-corrected chi connectivity index (χ0v) is 12.1. The Balaban J connectivity index is 1.66. The minimum atomic E-state index is 0.201. The Morgan fingerprint density at radius 2 is 2.06 bits per heavy atom. The van der Waals surface area contributed by atoms with E-state index in [4.69, 9.17) is 9.84 Å². The summed E-state index contributed by atoms with van der Waals surface area (Å²) in [5.41, 5.74) is 0.201. The van der Waals surface area contributed by atoms with E-state index < -0.39 is 0 Å². The summed E-state index contributed by atoms with van der Waals surface area (Å²) in [7, 11) is 0. The molecule has 0 aromatic carbocycles. The minimum absolute atomic E-state index is 0.201. The van der Waals surface area contributed by atoms with Crippen molar-refractivity contribution in [1.29, 1.82) is 0 Å². The van der Waals surface area contributed by atoms with Gasteiger partial charge in [0.2, 0.25) is 0 Å². The molecule has 0 amide bonds. The van der Waals surface area contributed by atoms with Crippen LogP contribution >= 0.6 is 11.8 Å². The van der Waals surface area contributed by atoms with Gasteiger partial charge in [-0.1, -0.05) is 0 Å². The lowest BCUT2D eigenvalue weighted by atomic mass is 9.85. The van der Waals surface area contributed by atoms with Crippen LogP contribution in [0.25, 0.3) is 0 Å². The SMILES string of the molecule is OCCCCCNC1CCOC2(CCSCC2)C1. The Kier molecular flexibility index (Phi) is 6.29. The quantitative estimate of drug-likeness (QED) is 0.728. The largest absolute Gasteiger partial charge is 0.396 e. The summed E-state index contributed by atoms with van der Waals surface area (Å²) in [4.78, 5) is 0. The molecule has 0 aliphatic carbocycles. The van der Waals surface area contributed by atoms with Crippen molar-refractivity contribution in [2.24, 2.45) is 0 Å². The van der Waals surface area contributed by atoms with Crippen molar-refractivity contribution >= 4 is 11.8 Å². The van der Waals surface area contributed by atoms with Crippen molar-refractivity contribution in [2.45, 2.75) is 56.6 Å². The summed E-state index contributed by atoms with van der Waals surface area (Å²) in [6.07, 6.45) is 8.09. The highest BCUT2D eigenvalue weighted by atomic mass is 32.2. The number of thioether (sulfide) groups is 1. The molecular formula is C14H27NO2S. The molecule has 0 saturated carbocycles. The molecule has 4 heteroatoms.